The third-order valence-electron chi connectivity index (χ3n) is 4.26. The summed E-state index contributed by atoms with van der Waals surface area (Å²) in [6.07, 6.45) is 0.448. The van der Waals surface area contributed by atoms with Crippen molar-refractivity contribution < 1.29 is 5.11 Å². The number of fused-ring (bicyclic) bond motifs is 2. The van der Waals surface area contributed by atoms with Crippen LogP contribution < -0.4 is 5.32 Å². The lowest BCUT2D eigenvalue weighted by Gasteiger charge is -2.16. The summed E-state index contributed by atoms with van der Waals surface area (Å²) in [7, 11) is 0. The van der Waals surface area contributed by atoms with Gasteiger partial charge in [-0.15, -0.1) is 0 Å². The van der Waals surface area contributed by atoms with Crippen LogP contribution in [0.5, 0.6) is 0 Å². The second-order valence-electron chi connectivity index (χ2n) is 5.57. The topological polar surface area (TPSA) is 32.3 Å². The van der Waals surface area contributed by atoms with Gasteiger partial charge in [0.2, 0.25) is 0 Å². The molecular weight excluding hydrogens is 258 g/mol. The molecule has 1 heterocycles. The first-order chi connectivity index (χ1) is 10.3. The summed E-state index contributed by atoms with van der Waals surface area (Å²) in [5.74, 6) is 0. The molecule has 3 aromatic carbocycles. The Morgan fingerprint density at radius 2 is 1.76 bits per heavy atom. The van der Waals surface area contributed by atoms with E-state index in [-0.39, 0.29) is 0 Å². The molecule has 21 heavy (non-hydrogen) atoms. The average Bonchev–Trinajstić information content (AvgIpc) is 3.02. The molecule has 104 valence electrons. The van der Waals surface area contributed by atoms with Crippen molar-refractivity contribution in [3.05, 3.63) is 77.4 Å². The van der Waals surface area contributed by atoms with Crippen molar-refractivity contribution in [2.24, 2.45) is 0 Å². The molecule has 0 saturated carbocycles. The van der Waals surface area contributed by atoms with E-state index >= 15 is 0 Å². The fraction of sp³-hybridized carbons (Fsp3) is 0.158. The Kier molecular flexibility index (Phi) is 2.90. The molecule has 0 aromatic heterocycles. The molecule has 1 atom stereocenters. The molecular formula is C19H17NO. The number of benzene rings is 3. The van der Waals surface area contributed by atoms with Gasteiger partial charge in [0, 0.05) is 17.8 Å². The molecule has 0 radical (unpaired) electrons. The van der Waals surface area contributed by atoms with Crippen LogP contribution in [0.25, 0.3) is 10.8 Å². The van der Waals surface area contributed by atoms with Crippen LogP contribution in [0.3, 0.4) is 0 Å². The summed E-state index contributed by atoms with van der Waals surface area (Å²) < 4.78 is 0. The van der Waals surface area contributed by atoms with Gasteiger partial charge in [0.15, 0.2) is 0 Å². The maximum atomic E-state index is 10.8. The van der Waals surface area contributed by atoms with Gasteiger partial charge in [0.05, 0.1) is 0 Å². The fourth-order valence-corrected chi connectivity index (χ4v) is 3.15. The number of hydrogen-bond acceptors (Lipinski definition) is 2. The zero-order chi connectivity index (χ0) is 14.2. The van der Waals surface area contributed by atoms with Crippen molar-refractivity contribution in [1.82, 2.24) is 0 Å². The summed E-state index contributed by atoms with van der Waals surface area (Å²) in [5, 5.41) is 16.5. The van der Waals surface area contributed by atoms with E-state index in [0.717, 1.165) is 35.2 Å². The predicted octanol–water partition coefficient (Wildman–Crippen LogP) is 3.89. The third-order valence-corrected chi connectivity index (χ3v) is 4.26. The summed E-state index contributed by atoms with van der Waals surface area (Å²) in [5.41, 5.74) is 4.32. The smallest absolute Gasteiger partial charge is 0.106 e. The van der Waals surface area contributed by atoms with Gasteiger partial charge in [-0.1, -0.05) is 54.6 Å². The molecule has 0 fully saturated rings. The molecule has 0 aliphatic carbocycles. The highest BCUT2D eigenvalue weighted by Crippen LogP contribution is 2.34. The quantitative estimate of drug-likeness (QED) is 0.743. The van der Waals surface area contributed by atoms with Gasteiger partial charge in [-0.05, 0) is 34.4 Å². The zero-order valence-electron chi connectivity index (χ0n) is 11.7. The van der Waals surface area contributed by atoms with Crippen LogP contribution in [0.1, 0.15) is 22.8 Å². The van der Waals surface area contributed by atoms with Crippen molar-refractivity contribution in [2.75, 3.05) is 11.9 Å². The Labute approximate surface area is 124 Å². The van der Waals surface area contributed by atoms with Crippen molar-refractivity contribution in [1.29, 1.82) is 0 Å². The third kappa shape index (κ3) is 2.08. The van der Waals surface area contributed by atoms with Crippen LogP contribution >= 0.6 is 0 Å². The van der Waals surface area contributed by atoms with Gasteiger partial charge >= 0.3 is 0 Å². The molecule has 4 rings (SSSR count). The first-order valence-electron chi connectivity index (χ1n) is 7.35. The number of rotatable bonds is 2. The number of anilines is 1. The maximum Gasteiger partial charge on any atom is 0.106 e. The molecule has 1 aliphatic heterocycles. The highest BCUT2D eigenvalue weighted by molar-refractivity contribution is 5.83. The van der Waals surface area contributed by atoms with Crippen LogP contribution in [0.15, 0.2) is 60.7 Å². The van der Waals surface area contributed by atoms with Crippen LogP contribution in [-0.4, -0.2) is 11.7 Å². The second kappa shape index (κ2) is 4.90. The summed E-state index contributed by atoms with van der Waals surface area (Å²) in [4.78, 5) is 0. The van der Waals surface area contributed by atoms with Crippen molar-refractivity contribution in [2.45, 2.75) is 12.5 Å². The van der Waals surface area contributed by atoms with Gasteiger partial charge in [0.1, 0.15) is 6.10 Å². The largest absolute Gasteiger partial charge is 0.384 e. The number of aliphatic hydroxyl groups is 1. The minimum absolute atomic E-state index is 0.588. The highest BCUT2D eigenvalue weighted by Gasteiger charge is 2.20. The van der Waals surface area contributed by atoms with Gasteiger partial charge in [0.25, 0.3) is 0 Å². The molecule has 2 N–H and O–H groups in total. The molecule has 0 saturated heterocycles. The number of hydrogen-bond donors (Lipinski definition) is 2. The molecule has 3 aromatic rings. The number of aliphatic hydroxyl groups excluding tert-OH is 1. The van der Waals surface area contributed by atoms with Crippen LogP contribution in [0.2, 0.25) is 0 Å². The average molecular weight is 275 g/mol. The van der Waals surface area contributed by atoms with E-state index in [1.54, 1.807) is 0 Å². The molecule has 0 spiro atoms. The monoisotopic (exact) mass is 275 g/mol. The van der Waals surface area contributed by atoms with Crippen molar-refractivity contribution >= 4 is 16.5 Å². The van der Waals surface area contributed by atoms with E-state index in [9.17, 15) is 5.11 Å². The lowest BCUT2D eigenvalue weighted by molar-refractivity contribution is 0.221. The van der Waals surface area contributed by atoms with E-state index < -0.39 is 6.10 Å². The zero-order valence-corrected chi connectivity index (χ0v) is 11.7. The Bertz CT molecular complexity index is 810. The van der Waals surface area contributed by atoms with Gasteiger partial charge in [-0.2, -0.15) is 0 Å². The fourth-order valence-electron chi connectivity index (χ4n) is 3.15. The molecule has 2 nitrogen and oxygen atoms in total. The Balaban J connectivity index is 1.80. The highest BCUT2D eigenvalue weighted by atomic mass is 16.3. The lowest BCUT2D eigenvalue weighted by Crippen LogP contribution is -2.03. The van der Waals surface area contributed by atoms with E-state index in [4.69, 9.17) is 0 Å². The standard InChI is InChI=1S/C19H17NO/c21-19(17-7-3-6-14-10-11-20-18(14)17)16-9-8-13-4-1-2-5-15(13)12-16/h1-9,12,19-21H,10-11H2. The Hall–Kier alpha value is -2.32. The van der Waals surface area contributed by atoms with Crippen LogP contribution in [-0.2, 0) is 6.42 Å². The van der Waals surface area contributed by atoms with Gasteiger partial charge in [-0.3, -0.25) is 0 Å². The van der Waals surface area contributed by atoms with E-state index in [2.05, 4.69) is 35.6 Å². The molecule has 2 heteroatoms. The first-order valence-corrected chi connectivity index (χ1v) is 7.35. The number of nitrogens with one attached hydrogen (secondary N) is 1. The van der Waals surface area contributed by atoms with Crippen LogP contribution in [0, 0.1) is 0 Å². The van der Waals surface area contributed by atoms with E-state index in [1.807, 2.05) is 30.3 Å². The SMILES string of the molecule is OC(c1ccc2ccccc2c1)c1cccc2c1NCC2. The summed E-state index contributed by atoms with van der Waals surface area (Å²) >= 11 is 0. The maximum absolute atomic E-state index is 10.8. The first kappa shape index (κ1) is 12.4. The van der Waals surface area contributed by atoms with Crippen LogP contribution in [0.4, 0.5) is 5.69 Å². The summed E-state index contributed by atoms with van der Waals surface area (Å²) in [6.45, 7) is 0.955. The van der Waals surface area contributed by atoms with E-state index in [1.165, 1.54) is 10.9 Å². The van der Waals surface area contributed by atoms with Crippen molar-refractivity contribution in [3.63, 3.8) is 0 Å². The Morgan fingerprint density at radius 1 is 0.905 bits per heavy atom. The molecule has 1 aliphatic rings. The number of para-hydroxylation sites is 1. The predicted molar refractivity (Wildman–Crippen MR) is 86.6 cm³/mol. The lowest BCUT2D eigenvalue weighted by atomic mass is 9.96. The molecule has 0 bridgehead atoms. The Morgan fingerprint density at radius 3 is 2.67 bits per heavy atom. The minimum Gasteiger partial charge on any atom is -0.384 e. The normalized spacial score (nSPS) is 14.7. The minimum atomic E-state index is -0.588. The van der Waals surface area contributed by atoms with Gasteiger partial charge in [-0.25, -0.2) is 0 Å². The van der Waals surface area contributed by atoms with Gasteiger partial charge < -0.3 is 10.4 Å². The van der Waals surface area contributed by atoms with E-state index in [0.29, 0.717) is 0 Å². The van der Waals surface area contributed by atoms with Crippen molar-refractivity contribution in [3.8, 4) is 0 Å². The second-order valence-corrected chi connectivity index (χ2v) is 5.57. The molecule has 0 amide bonds. The summed E-state index contributed by atoms with van der Waals surface area (Å²) in [6, 6.07) is 20.6. The molecule has 1 unspecified atom stereocenters.